The quantitative estimate of drug-likeness (QED) is 0.109. The summed E-state index contributed by atoms with van der Waals surface area (Å²) in [5, 5.41) is 14.7. The van der Waals surface area contributed by atoms with Gasteiger partial charge in [0.1, 0.15) is 39.6 Å². The molecule has 0 amide bonds. The number of piperazine rings is 3. The summed E-state index contributed by atoms with van der Waals surface area (Å²) < 4.78 is 60.7. The zero-order valence-corrected chi connectivity index (χ0v) is 64.1. The normalized spacial score (nSPS) is 14.6. The zero-order valence-electron chi connectivity index (χ0n) is 64.1. The van der Waals surface area contributed by atoms with Crippen molar-refractivity contribution in [1.82, 2.24) is 91.8 Å². The Morgan fingerprint density at radius 1 is 0.435 bits per heavy atom. The number of fused-ring (bicyclic) bond motifs is 7. The lowest BCUT2D eigenvalue weighted by Gasteiger charge is -2.33. The van der Waals surface area contributed by atoms with Crippen LogP contribution in [-0.4, -0.2) is 168 Å². The third-order valence-corrected chi connectivity index (χ3v) is 20.4. The molecule has 3 N–H and O–H groups in total. The maximum atomic E-state index is 12.9. The minimum atomic E-state index is -4.52. The Bertz CT molecular complexity index is 6640. The Kier molecular flexibility index (Phi) is 21.0. The number of rotatable bonds is 11. The SMILES string of the molecule is CCc1cn2cc(-c3cc(=O)n4cc(N5CCNCC5)ccc4n3)ccc2n1.COc1ccc(-c2cc(=O)n3cc(-c4ccnc(C)c4)ccc3n2)cc1OC.Cc1cn2nc(-c3cc(=O)n4cc(N5CCN[C@@H](C)C5)ccc4n3)cc2c(C)n1.O=c1cc(-c2ccc3nc(C(F)(F)F)cn3c2)nc2ccc(N3CCNCC3)cn12. The number of methoxy groups -OCH3 is 2. The minimum Gasteiger partial charge on any atom is -0.493 e. The first-order chi connectivity index (χ1) is 55.6. The van der Waals surface area contributed by atoms with E-state index in [9.17, 15) is 32.3 Å². The average molecular weight is 1550 g/mol. The van der Waals surface area contributed by atoms with Crippen LogP contribution in [0.15, 0.2) is 215 Å². The van der Waals surface area contributed by atoms with Gasteiger partial charge in [-0.1, -0.05) is 6.92 Å². The number of ether oxygens (including phenoxy) is 2. The molecular formula is C84H81F3N22O6. The second kappa shape index (κ2) is 31.9. The van der Waals surface area contributed by atoms with Crippen molar-refractivity contribution in [3.05, 3.63) is 265 Å². The first-order valence-electron chi connectivity index (χ1n) is 37.7. The number of halogens is 3. The molecule has 28 nitrogen and oxygen atoms in total. The Labute approximate surface area is 655 Å². The highest BCUT2D eigenvalue weighted by atomic mass is 19.4. The highest BCUT2D eigenvalue weighted by Crippen LogP contribution is 2.34. The summed E-state index contributed by atoms with van der Waals surface area (Å²) in [4.78, 5) is 93.3. The van der Waals surface area contributed by atoms with E-state index in [0.717, 1.165) is 158 Å². The van der Waals surface area contributed by atoms with Crippen molar-refractivity contribution < 1.29 is 22.6 Å². The number of pyridine rings is 7. The summed E-state index contributed by atoms with van der Waals surface area (Å²) in [5.74, 6) is 1.21. The van der Waals surface area contributed by atoms with E-state index in [0.29, 0.717) is 74.2 Å². The molecule has 1 atom stereocenters. The van der Waals surface area contributed by atoms with E-state index in [1.807, 2.05) is 141 Å². The van der Waals surface area contributed by atoms with Crippen molar-refractivity contribution in [3.8, 4) is 67.8 Å². The molecule has 0 spiro atoms. The zero-order chi connectivity index (χ0) is 79.8. The Balaban J connectivity index is 0.000000115. The minimum absolute atomic E-state index is 0.0723. The first kappa shape index (κ1) is 75.5. The van der Waals surface area contributed by atoms with Crippen LogP contribution in [0.25, 0.3) is 95.7 Å². The van der Waals surface area contributed by atoms with Gasteiger partial charge in [-0.3, -0.25) is 46.7 Å². The Hall–Kier alpha value is -13.5. The molecule has 3 aliphatic rings. The van der Waals surface area contributed by atoms with Gasteiger partial charge in [0.15, 0.2) is 17.2 Å². The molecule has 16 aromatic rings. The van der Waals surface area contributed by atoms with Crippen molar-refractivity contribution >= 4 is 56.5 Å². The predicted molar refractivity (Wildman–Crippen MR) is 436 cm³/mol. The molecule has 3 fully saturated rings. The average Bonchev–Trinajstić information content (AvgIpc) is 1.55. The summed E-state index contributed by atoms with van der Waals surface area (Å²) in [6.45, 7) is 20.1. The molecular weight excluding hydrogens is 1470 g/mol. The number of benzene rings is 1. The largest absolute Gasteiger partial charge is 0.493 e. The van der Waals surface area contributed by atoms with Gasteiger partial charge in [0.25, 0.3) is 22.2 Å². The molecule has 1 aromatic carbocycles. The maximum absolute atomic E-state index is 12.9. The standard InChI is InChI=1S/C22H19N3O3.C21H23N7O.C21H22N6O.C20H17F3N6O/c1-14-10-15(8-9-23-14)17-5-7-21-24-18(12-22(26)25(21)13-17)16-4-6-19(27-2)20(11-16)28-3;1-13-10-26(7-6-22-13)16-4-5-20-24-17(9-21(29)27(20)12-16)18-8-19-15(3)23-14(2)11-28(19)25-18;1-2-16-13-26-12-15(3-5-19(26)23-16)18-11-21(28)27-14-17(4-6-20(27)24-18)25-9-7-22-8-10-25;21-20(22,23)16-12-28-10-13(1-3-17(28)26-16)15-9-19(30)29-11-14(2-4-18(29)25-15)27-7-5-24-6-8-27/h4-13H,1-3H3;4-5,8-9,11-13,22H,6-7,10H2,1-3H3;3-6,11-14,22H,2,7-10H2,1H3;1-4,9-12,24H,5-8H2/t;13-;;/m.0../s1. The molecule has 3 aliphatic heterocycles. The van der Waals surface area contributed by atoms with Gasteiger partial charge in [-0.05, 0) is 154 Å². The van der Waals surface area contributed by atoms with Gasteiger partial charge in [-0.25, -0.2) is 34.4 Å². The van der Waals surface area contributed by atoms with E-state index in [4.69, 9.17) is 19.4 Å². The van der Waals surface area contributed by atoms with Crippen molar-refractivity contribution in [2.75, 3.05) is 101 Å². The van der Waals surface area contributed by atoms with Crippen molar-refractivity contribution in [3.63, 3.8) is 0 Å². The van der Waals surface area contributed by atoms with Crippen molar-refractivity contribution in [2.45, 2.75) is 53.3 Å². The molecule has 31 heteroatoms. The molecule has 0 bridgehead atoms. The van der Waals surface area contributed by atoms with Gasteiger partial charge in [-0.2, -0.15) is 18.3 Å². The molecule has 3 saturated heterocycles. The fraction of sp³-hybridized carbons (Fsp3) is 0.250. The number of nitrogens with one attached hydrogen (secondary N) is 3. The molecule has 0 unspecified atom stereocenters. The molecule has 0 radical (unpaired) electrons. The van der Waals surface area contributed by atoms with Crippen LogP contribution in [-0.2, 0) is 12.6 Å². The Morgan fingerprint density at radius 3 is 1.47 bits per heavy atom. The molecule has 15 aromatic heterocycles. The van der Waals surface area contributed by atoms with Crippen LogP contribution in [0.3, 0.4) is 0 Å². The molecule has 18 heterocycles. The number of imidazole rings is 2. The van der Waals surface area contributed by atoms with Crippen LogP contribution in [0, 0.1) is 20.8 Å². The lowest BCUT2D eigenvalue weighted by molar-refractivity contribution is -0.140. The van der Waals surface area contributed by atoms with Gasteiger partial charge in [0.2, 0.25) is 0 Å². The fourth-order valence-corrected chi connectivity index (χ4v) is 14.5. The molecule has 0 aliphatic carbocycles. The van der Waals surface area contributed by atoms with Crippen LogP contribution in [0.5, 0.6) is 11.5 Å². The lowest BCUT2D eigenvalue weighted by Crippen LogP contribution is -2.49. The van der Waals surface area contributed by atoms with E-state index < -0.39 is 11.9 Å². The third-order valence-electron chi connectivity index (χ3n) is 20.4. The van der Waals surface area contributed by atoms with Crippen LogP contribution in [0.1, 0.15) is 42.3 Å². The summed E-state index contributed by atoms with van der Waals surface area (Å²) >= 11 is 0. The van der Waals surface area contributed by atoms with Gasteiger partial charge in [-0.15, -0.1) is 0 Å². The summed E-state index contributed by atoms with van der Waals surface area (Å²) in [7, 11) is 3.16. The first-order valence-corrected chi connectivity index (χ1v) is 37.7. The van der Waals surface area contributed by atoms with E-state index >= 15 is 0 Å². The van der Waals surface area contributed by atoms with Gasteiger partial charge in [0, 0.05) is 180 Å². The van der Waals surface area contributed by atoms with E-state index in [-0.39, 0.29) is 27.9 Å². The molecule has 115 heavy (non-hydrogen) atoms. The highest BCUT2D eigenvalue weighted by Gasteiger charge is 2.34. The molecule has 19 rings (SSSR count). The molecule has 584 valence electrons. The second-order valence-corrected chi connectivity index (χ2v) is 28.3. The number of nitrogens with zero attached hydrogens (tertiary/aromatic N) is 19. The Morgan fingerprint density at radius 2 is 0.922 bits per heavy atom. The number of alkyl halides is 3. The summed E-state index contributed by atoms with van der Waals surface area (Å²) in [6.07, 6.45) is 13.8. The van der Waals surface area contributed by atoms with E-state index in [2.05, 4.69) is 79.5 Å². The van der Waals surface area contributed by atoms with Gasteiger partial charge in [0.05, 0.1) is 82.9 Å². The number of anilines is 3. The smallest absolute Gasteiger partial charge is 0.434 e. The predicted octanol–water partition coefficient (Wildman–Crippen LogP) is 9.99. The fourth-order valence-electron chi connectivity index (χ4n) is 14.5. The monoisotopic (exact) mass is 1550 g/mol. The number of hydrogen-bond acceptors (Lipinski definition) is 21. The van der Waals surface area contributed by atoms with Crippen LogP contribution in [0.4, 0.5) is 30.2 Å². The number of aromatic nitrogens is 16. The van der Waals surface area contributed by atoms with E-state index in [1.54, 1.807) is 80.9 Å². The summed E-state index contributed by atoms with van der Waals surface area (Å²) in [5.41, 5.74) is 16.6. The topological polar surface area (TPSA) is 279 Å². The van der Waals surface area contributed by atoms with E-state index in [1.165, 1.54) is 33.2 Å². The van der Waals surface area contributed by atoms with Crippen LogP contribution >= 0.6 is 0 Å². The second-order valence-electron chi connectivity index (χ2n) is 28.3. The molecule has 0 saturated carbocycles. The van der Waals surface area contributed by atoms with Gasteiger partial charge >= 0.3 is 6.18 Å². The highest BCUT2D eigenvalue weighted by molar-refractivity contribution is 5.71. The lowest BCUT2D eigenvalue weighted by atomic mass is 10.1. The third kappa shape index (κ3) is 16.2. The maximum Gasteiger partial charge on any atom is 0.434 e. The number of hydrogen-bond donors (Lipinski definition) is 3. The van der Waals surface area contributed by atoms with Gasteiger partial charge < -0.3 is 48.9 Å². The van der Waals surface area contributed by atoms with Crippen molar-refractivity contribution in [2.24, 2.45) is 0 Å². The van der Waals surface area contributed by atoms with Crippen LogP contribution in [0.2, 0.25) is 0 Å². The number of aryl methyl sites for hydroxylation is 4. The van der Waals surface area contributed by atoms with Crippen molar-refractivity contribution in [1.29, 1.82) is 0 Å². The summed E-state index contributed by atoms with van der Waals surface area (Å²) in [6, 6.07) is 40.2. The van der Waals surface area contributed by atoms with Crippen LogP contribution < -0.4 is 62.4 Å².